The van der Waals surface area contributed by atoms with E-state index in [4.69, 9.17) is 11.6 Å². The van der Waals surface area contributed by atoms with Crippen molar-refractivity contribution in [2.75, 3.05) is 26.2 Å². The normalized spacial score (nSPS) is 17.1. The fourth-order valence-corrected chi connectivity index (χ4v) is 3.82. The van der Waals surface area contributed by atoms with Crippen LogP contribution in [0.4, 0.5) is 0 Å². The minimum Gasteiger partial charge on any atom is -0.314 e. The van der Waals surface area contributed by atoms with Gasteiger partial charge in [-0.1, -0.05) is 37.8 Å². The average Bonchev–Trinajstić information content (AvgIpc) is 2.82. The number of hydrogen-bond donors (Lipinski definition) is 1. The van der Waals surface area contributed by atoms with Gasteiger partial charge >= 0.3 is 0 Å². The van der Waals surface area contributed by atoms with Crippen molar-refractivity contribution in [3.05, 3.63) is 21.3 Å². The van der Waals surface area contributed by atoms with Crippen molar-refractivity contribution in [2.45, 2.75) is 38.6 Å². The molecule has 6 heteroatoms. The number of thiophene rings is 1. The van der Waals surface area contributed by atoms with Gasteiger partial charge in [-0.05, 0) is 18.6 Å². The summed E-state index contributed by atoms with van der Waals surface area (Å²) in [7, 11) is 0. The minimum atomic E-state index is 0. The van der Waals surface area contributed by atoms with E-state index in [1.165, 1.54) is 30.6 Å². The zero-order chi connectivity index (χ0) is 12.8. The molecule has 1 aromatic rings. The van der Waals surface area contributed by atoms with Crippen molar-refractivity contribution in [1.82, 2.24) is 10.2 Å². The Balaban J connectivity index is 0.00000180. The van der Waals surface area contributed by atoms with Crippen LogP contribution in [0, 0.1) is 0 Å². The number of halogens is 3. The number of nitrogens with zero attached hydrogens (tertiary/aromatic N) is 1. The Morgan fingerprint density at radius 1 is 1.25 bits per heavy atom. The molecule has 1 N–H and O–H groups in total. The van der Waals surface area contributed by atoms with Gasteiger partial charge in [-0.2, -0.15) is 0 Å². The summed E-state index contributed by atoms with van der Waals surface area (Å²) < 4.78 is 0.917. The molecular formula is C14H25Cl3N2S. The largest absolute Gasteiger partial charge is 0.314 e. The van der Waals surface area contributed by atoms with E-state index in [1.807, 2.05) is 6.07 Å². The van der Waals surface area contributed by atoms with E-state index in [1.54, 1.807) is 11.3 Å². The molecule has 0 unspecified atom stereocenters. The van der Waals surface area contributed by atoms with Gasteiger partial charge in [0.1, 0.15) is 0 Å². The predicted molar refractivity (Wildman–Crippen MR) is 95.2 cm³/mol. The van der Waals surface area contributed by atoms with Gasteiger partial charge in [0, 0.05) is 37.1 Å². The second-order valence-corrected chi connectivity index (χ2v) is 6.69. The molecule has 0 aromatic carbocycles. The van der Waals surface area contributed by atoms with Crippen LogP contribution in [-0.2, 0) is 0 Å². The van der Waals surface area contributed by atoms with Crippen LogP contribution >= 0.6 is 47.8 Å². The Morgan fingerprint density at radius 3 is 2.50 bits per heavy atom. The first kappa shape index (κ1) is 20.5. The molecule has 0 saturated carbocycles. The Kier molecular flexibility index (Phi) is 11.4. The average molecular weight is 360 g/mol. The Morgan fingerprint density at radius 2 is 1.95 bits per heavy atom. The SMILES string of the molecule is CCCCC[C@H](c1ccc(Cl)s1)N1CCNCC1.Cl.Cl. The minimum absolute atomic E-state index is 0. The van der Waals surface area contributed by atoms with Crippen molar-refractivity contribution in [2.24, 2.45) is 0 Å². The standard InChI is InChI=1S/C14H23ClN2S.2ClH/c1-2-3-4-5-12(13-6-7-14(15)18-13)17-10-8-16-9-11-17;;/h6-7,12,16H,2-5,8-11H2,1H3;2*1H/t12-;;/m1../s1. The van der Waals surface area contributed by atoms with Crippen molar-refractivity contribution in [3.8, 4) is 0 Å². The molecule has 1 aromatic heterocycles. The van der Waals surface area contributed by atoms with E-state index in [-0.39, 0.29) is 24.8 Å². The lowest BCUT2D eigenvalue weighted by Crippen LogP contribution is -2.45. The van der Waals surface area contributed by atoms with Gasteiger partial charge in [0.15, 0.2) is 0 Å². The lowest BCUT2D eigenvalue weighted by molar-refractivity contribution is 0.165. The second-order valence-electron chi connectivity index (χ2n) is 4.94. The zero-order valence-corrected chi connectivity index (χ0v) is 15.1. The molecule has 1 fully saturated rings. The van der Waals surface area contributed by atoms with Gasteiger partial charge in [-0.3, -0.25) is 4.90 Å². The van der Waals surface area contributed by atoms with Gasteiger partial charge in [0.05, 0.1) is 4.34 Å². The van der Waals surface area contributed by atoms with E-state index in [2.05, 4.69) is 23.2 Å². The summed E-state index contributed by atoms with van der Waals surface area (Å²) in [6.45, 7) is 6.81. The molecule has 118 valence electrons. The summed E-state index contributed by atoms with van der Waals surface area (Å²) >= 11 is 7.84. The number of unbranched alkanes of at least 4 members (excludes halogenated alkanes) is 2. The fraction of sp³-hybridized carbons (Fsp3) is 0.714. The van der Waals surface area contributed by atoms with Gasteiger partial charge < -0.3 is 5.32 Å². The van der Waals surface area contributed by atoms with Crippen molar-refractivity contribution in [3.63, 3.8) is 0 Å². The maximum absolute atomic E-state index is 6.09. The highest BCUT2D eigenvalue weighted by atomic mass is 35.5. The van der Waals surface area contributed by atoms with E-state index in [0.717, 1.165) is 30.5 Å². The molecule has 2 rings (SSSR count). The topological polar surface area (TPSA) is 15.3 Å². The third-order valence-electron chi connectivity index (χ3n) is 3.60. The van der Waals surface area contributed by atoms with Crippen LogP contribution in [-0.4, -0.2) is 31.1 Å². The quantitative estimate of drug-likeness (QED) is 0.736. The molecule has 0 aliphatic carbocycles. The fourth-order valence-electron chi connectivity index (χ4n) is 2.59. The first-order valence-corrected chi connectivity index (χ1v) is 8.20. The third kappa shape index (κ3) is 6.08. The first-order valence-electron chi connectivity index (χ1n) is 7.01. The van der Waals surface area contributed by atoms with Crippen molar-refractivity contribution in [1.29, 1.82) is 0 Å². The number of nitrogens with one attached hydrogen (secondary N) is 1. The van der Waals surface area contributed by atoms with Gasteiger partial charge in [0.2, 0.25) is 0 Å². The van der Waals surface area contributed by atoms with Crippen LogP contribution in [0.1, 0.15) is 43.5 Å². The summed E-state index contributed by atoms with van der Waals surface area (Å²) in [6.07, 6.45) is 5.21. The van der Waals surface area contributed by atoms with Crippen molar-refractivity contribution >= 4 is 47.8 Å². The van der Waals surface area contributed by atoms with Gasteiger partial charge in [-0.15, -0.1) is 36.2 Å². The summed E-state index contributed by atoms with van der Waals surface area (Å²) in [6, 6.07) is 4.83. The lowest BCUT2D eigenvalue weighted by Gasteiger charge is -2.34. The van der Waals surface area contributed by atoms with Crippen LogP contribution in [0.3, 0.4) is 0 Å². The molecule has 1 atom stereocenters. The molecule has 1 aliphatic heterocycles. The maximum atomic E-state index is 6.09. The molecule has 0 radical (unpaired) electrons. The second kappa shape index (κ2) is 11.1. The highest BCUT2D eigenvalue weighted by Crippen LogP contribution is 2.34. The molecule has 1 aliphatic rings. The highest BCUT2D eigenvalue weighted by molar-refractivity contribution is 7.16. The third-order valence-corrected chi connectivity index (χ3v) is 4.93. The van der Waals surface area contributed by atoms with Crippen LogP contribution in [0.5, 0.6) is 0 Å². The molecular weight excluding hydrogens is 335 g/mol. The molecule has 20 heavy (non-hydrogen) atoms. The Bertz CT molecular complexity index is 354. The molecule has 1 saturated heterocycles. The molecule has 0 amide bonds. The summed E-state index contributed by atoms with van der Waals surface area (Å²) in [4.78, 5) is 4.06. The Hall–Kier alpha value is 0.490. The Labute approximate surface area is 144 Å². The van der Waals surface area contributed by atoms with Gasteiger partial charge in [0.25, 0.3) is 0 Å². The first-order chi connectivity index (χ1) is 8.81. The van der Waals surface area contributed by atoms with E-state index >= 15 is 0 Å². The highest BCUT2D eigenvalue weighted by Gasteiger charge is 2.22. The molecule has 0 spiro atoms. The molecule has 2 nitrogen and oxygen atoms in total. The number of hydrogen-bond acceptors (Lipinski definition) is 3. The van der Waals surface area contributed by atoms with E-state index in [9.17, 15) is 0 Å². The summed E-state index contributed by atoms with van der Waals surface area (Å²) in [5.74, 6) is 0. The lowest BCUT2D eigenvalue weighted by atomic mass is 10.0. The maximum Gasteiger partial charge on any atom is 0.0931 e. The number of piperazine rings is 1. The van der Waals surface area contributed by atoms with Crippen LogP contribution in [0.2, 0.25) is 4.34 Å². The zero-order valence-electron chi connectivity index (χ0n) is 11.9. The van der Waals surface area contributed by atoms with Crippen LogP contribution < -0.4 is 5.32 Å². The van der Waals surface area contributed by atoms with Crippen LogP contribution in [0.25, 0.3) is 0 Å². The monoisotopic (exact) mass is 358 g/mol. The predicted octanol–water partition coefficient (Wildman–Crippen LogP) is 4.77. The van der Waals surface area contributed by atoms with Crippen LogP contribution in [0.15, 0.2) is 12.1 Å². The van der Waals surface area contributed by atoms with E-state index < -0.39 is 0 Å². The van der Waals surface area contributed by atoms with E-state index in [0.29, 0.717) is 6.04 Å². The summed E-state index contributed by atoms with van der Waals surface area (Å²) in [5.41, 5.74) is 0. The smallest absolute Gasteiger partial charge is 0.0931 e. The molecule has 0 bridgehead atoms. The van der Waals surface area contributed by atoms with Crippen molar-refractivity contribution < 1.29 is 0 Å². The van der Waals surface area contributed by atoms with Gasteiger partial charge in [-0.25, -0.2) is 0 Å². The molecule has 2 heterocycles. The summed E-state index contributed by atoms with van der Waals surface area (Å²) in [5, 5.41) is 3.43. The number of rotatable bonds is 6.